The van der Waals surface area contributed by atoms with Crippen molar-refractivity contribution in [2.24, 2.45) is 17.8 Å². The van der Waals surface area contributed by atoms with Crippen LogP contribution in [0.25, 0.3) is 0 Å². The van der Waals surface area contributed by atoms with Crippen molar-refractivity contribution in [3.63, 3.8) is 0 Å². The molecule has 7 rings (SSSR count). The molecule has 0 spiro atoms. The lowest BCUT2D eigenvalue weighted by Gasteiger charge is -2.62. The fourth-order valence-electron chi connectivity index (χ4n) is 8.73. The van der Waals surface area contributed by atoms with Gasteiger partial charge in [0.1, 0.15) is 23.9 Å². The van der Waals surface area contributed by atoms with E-state index in [0.717, 1.165) is 0 Å². The molecule has 12 unspecified atom stereocenters. The second-order valence-electron chi connectivity index (χ2n) is 13.1. The van der Waals surface area contributed by atoms with Gasteiger partial charge in [-0.3, -0.25) is 4.79 Å². The molecular formula is C34H36O11. The summed E-state index contributed by atoms with van der Waals surface area (Å²) in [5.41, 5.74) is -8.14. The Morgan fingerprint density at radius 3 is 2.24 bits per heavy atom. The number of carbonyl (C=O) groups is 2. The van der Waals surface area contributed by atoms with Gasteiger partial charge >= 0.3 is 11.9 Å². The summed E-state index contributed by atoms with van der Waals surface area (Å²) < 4.78 is 26.7. The Balaban J connectivity index is 1.54. The number of ketones is 1. The second-order valence-corrected chi connectivity index (χ2v) is 13.1. The standard InChI is InChI=1S/C34H36O11/c1-17(2)32-26(42-28(38)20-11-7-5-8-12-20)19(4)33-22-15-18(3)24(36)31(22,41)29(39)30(40,16-35)25(37)23(33)27(32)43-34(44-32,45-33)21-13-9-6-10-14-21/h5-15,19,22-23,25-27,29,35,37,39-41H,1,16H2,2-4H3. The predicted molar refractivity (Wildman–Crippen MR) is 155 cm³/mol. The highest BCUT2D eigenvalue weighted by molar-refractivity contribution is 6.05. The maximum Gasteiger partial charge on any atom is 0.338 e. The monoisotopic (exact) mass is 620 g/mol. The molecule has 2 aromatic carbocycles. The van der Waals surface area contributed by atoms with Crippen LogP contribution in [0.2, 0.25) is 0 Å². The van der Waals surface area contributed by atoms with Gasteiger partial charge in [0.25, 0.3) is 0 Å². The highest BCUT2D eigenvalue weighted by Gasteiger charge is 2.87. The van der Waals surface area contributed by atoms with Crippen molar-refractivity contribution >= 4 is 11.8 Å². The topological polar surface area (TPSA) is 172 Å². The zero-order valence-electron chi connectivity index (χ0n) is 25.0. The summed E-state index contributed by atoms with van der Waals surface area (Å²) in [5.74, 6) is -7.44. The van der Waals surface area contributed by atoms with Crippen LogP contribution in [0.5, 0.6) is 0 Å². The van der Waals surface area contributed by atoms with E-state index < -0.39 is 88.9 Å². The van der Waals surface area contributed by atoms with E-state index >= 15 is 0 Å². The van der Waals surface area contributed by atoms with Crippen molar-refractivity contribution in [1.29, 1.82) is 0 Å². The van der Waals surface area contributed by atoms with Gasteiger partial charge < -0.3 is 44.5 Å². The molecule has 12 atom stereocenters. The highest BCUT2D eigenvalue weighted by Crippen LogP contribution is 2.71. The highest BCUT2D eigenvalue weighted by atomic mass is 16.9. The molecule has 0 aromatic heterocycles. The van der Waals surface area contributed by atoms with Crippen molar-refractivity contribution in [3.05, 3.63) is 95.6 Å². The van der Waals surface area contributed by atoms with Crippen LogP contribution >= 0.6 is 0 Å². The Labute approximate surface area is 259 Å². The average Bonchev–Trinajstić information content (AvgIpc) is 3.43. The molecule has 4 fully saturated rings. The van der Waals surface area contributed by atoms with Crippen LogP contribution in [-0.4, -0.2) is 90.7 Å². The molecule has 2 aliphatic heterocycles. The van der Waals surface area contributed by atoms with E-state index in [1.807, 2.05) is 0 Å². The lowest BCUT2D eigenvalue weighted by molar-refractivity contribution is -0.443. The third-order valence-electron chi connectivity index (χ3n) is 10.9. The molecule has 5 N–H and O–H groups in total. The van der Waals surface area contributed by atoms with Crippen LogP contribution in [0.15, 0.2) is 84.5 Å². The van der Waals surface area contributed by atoms with E-state index in [-0.39, 0.29) is 11.1 Å². The van der Waals surface area contributed by atoms with Gasteiger partial charge in [-0.15, -0.1) is 0 Å². The molecule has 45 heavy (non-hydrogen) atoms. The number of hydrogen-bond donors (Lipinski definition) is 5. The summed E-state index contributed by atoms with van der Waals surface area (Å²) in [4.78, 5) is 27.5. The van der Waals surface area contributed by atoms with Crippen molar-refractivity contribution in [2.75, 3.05) is 6.61 Å². The fourth-order valence-corrected chi connectivity index (χ4v) is 8.73. The average molecular weight is 621 g/mol. The molecule has 2 saturated heterocycles. The first-order valence-electron chi connectivity index (χ1n) is 15.0. The zero-order chi connectivity index (χ0) is 32.3. The largest absolute Gasteiger partial charge is 0.455 e. The number of carbonyl (C=O) groups excluding carboxylic acids is 2. The number of aliphatic hydroxyl groups is 5. The molecule has 3 bridgehead atoms. The number of Topliss-reactive ketones (excluding diaryl/α,β-unsaturated/α-hetero) is 1. The zero-order valence-corrected chi connectivity index (χ0v) is 25.0. The number of aliphatic hydroxyl groups excluding tert-OH is 3. The molecule has 2 saturated carbocycles. The fraction of sp³-hybridized carbons (Fsp3) is 0.471. The summed E-state index contributed by atoms with van der Waals surface area (Å²) >= 11 is 0. The first-order chi connectivity index (χ1) is 21.3. The van der Waals surface area contributed by atoms with Crippen LogP contribution in [0.3, 0.4) is 0 Å². The Morgan fingerprint density at radius 1 is 1.02 bits per heavy atom. The number of rotatable bonds is 5. The summed E-state index contributed by atoms with van der Waals surface area (Å²) in [6.07, 6.45) is -5.49. The van der Waals surface area contributed by atoms with E-state index in [4.69, 9.17) is 18.9 Å². The lowest BCUT2D eigenvalue weighted by Crippen LogP contribution is -2.77. The first-order valence-corrected chi connectivity index (χ1v) is 15.0. The van der Waals surface area contributed by atoms with E-state index in [1.165, 1.54) is 13.0 Å². The summed E-state index contributed by atoms with van der Waals surface area (Å²) in [7, 11) is 0. The Kier molecular flexibility index (Phi) is 6.50. The second kappa shape index (κ2) is 9.63. The summed E-state index contributed by atoms with van der Waals surface area (Å²) in [6, 6.07) is 16.9. The van der Waals surface area contributed by atoms with Crippen LogP contribution in [-0.2, 0) is 29.7 Å². The molecule has 238 valence electrons. The molecule has 2 heterocycles. The van der Waals surface area contributed by atoms with Gasteiger partial charge in [0.05, 0.1) is 23.9 Å². The van der Waals surface area contributed by atoms with Gasteiger partial charge in [-0.2, -0.15) is 0 Å². The Morgan fingerprint density at radius 2 is 1.64 bits per heavy atom. The van der Waals surface area contributed by atoms with E-state index in [1.54, 1.807) is 74.5 Å². The minimum Gasteiger partial charge on any atom is -0.455 e. The van der Waals surface area contributed by atoms with E-state index in [0.29, 0.717) is 11.1 Å². The quantitative estimate of drug-likeness (QED) is 0.240. The van der Waals surface area contributed by atoms with Gasteiger partial charge in [0, 0.05) is 23.3 Å². The van der Waals surface area contributed by atoms with Crippen LogP contribution in [0.1, 0.15) is 36.7 Å². The minimum atomic E-state index is -2.82. The Bertz CT molecular complexity index is 1610. The van der Waals surface area contributed by atoms with Crippen LogP contribution in [0, 0.1) is 17.8 Å². The minimum absolute atomic E-state index is 0.0743. The van der Waals surface area contributed by atoms with Gasteiger partial charge in [0.15, 0.2) is 17.0 Å². The summed E-state index contributed by atoms with van der Waals surface area (Å²) in [5, 5.41) is 58.3. The van der Waals surface area contributed by atoms with Gasteiger partial charge in [-0.05, 0) is 37.1 Å². The molecule has 5 aliphatic rings. The van der Waals surface area contributed by atoms with Gasteiger partial charge in [-0.25, -0.2) is 4.79 Å². The third kappa shape index (κ3) is 3.47. The number of benzene rings is 2. The molecule has 11 heteroatoms. The predicted octanol–water partition coefficient (Wildman–Crippen LogP) is 1.12. The SMILES string of the molecule is C=C(C)C12OC3(c4ccccc4)OC1C1C(O)C(O)(CO)C(O)C4(O)C(=O)C(C)=CC4C1(O3)C(C)C2OC(=O)c1ccccc1. The molecule has 0 amide bonds. The molecular weight excluding hydrogens is 584 g/mol. The van der Waals surface area contributed by atoms with Gasteiger partial charge in [0.2, 0.25) is 0 Å². The summed E-state index contributed by atoms with van der Waals surface area (Å²) in [6.45, 7) is 7.77. The van der Waals surface area contributed by atoms with Crippen LogP contribution < -0.4 is 0 Å². The van der Waals surface area contributed by atoms with Crippen molar-refractivity contribution < 1.29 is 54.1 Å². The maximum absolute atomic E-state index is 13.8. The van der Waals surface area contributed by atoms with Crippen LogP contribution in [0.4, 0.5) is 0 Å². The third-order valence-corrected chi connectivity index (χ3v) is 10.9. The number of fused-ring (bicyclic) bond motifs is 2. The van der Waals surface area contributed by atoms with E-state index in [2.05, 4.69) is 6.58 Å². The molecule has 11 nitrogen and oxygen atoms in total. The first kappa shape index (κ1) is 30.4. The lowest BCUT2D eigenvalue weighted by atomic mass is 9.52. The van der Waals surface area contributed by atoms with Crippen molar-refractivity contribution in [2.45, 2.75) is 73.6 Å². The number of hydrogen-bond acceptors (Lipinski definition) is 11. The van der Waals surface area contributed by atoms with E-state index in [9.17, 15) is 35.1 Å². The maximum atomic E-state index is 13.8. The number of ether oxygens (including phenoxy) is 4. The van der Waals surface area contributed by atoms with Crippen molar-refractivity contribution in [1.82, 2.24) is 0 Å². The smallest absolute Gasteiger partial charge is 0.338 e. The molecule has 0 radical (unpaired) electrons. The van der Waals surface area contributed by atoms with Crippen molar-refractivity contribution in [3.8, 4) is 0 Å². The van der Waals surface area contributed by atoms with Gasteiger partial charge in [-0.1, -0.05) is 68.1 Å². The molecule has 2 aromatic rings. The number of esters is 1. The Hall–Kier alpha value is -3.26. The normalized spacial score (nSPS) is 46.2. The molecule has 3 aliphatic carbocycles.